The van der Waals surface area contributed by atoms with Crippen LogP contribution in [0, 0.1) is 0 Å². The van der Waals surface area contributed by atoms with Crippen molar-refractivity contribution in [3.63, 3.8) is 0 Å². The van der Waals surface area contributed by atoms with Gasteiger partial charge in [0.15, 0.2) is 5.82 Å². The lowest BCUT2D eigenvalue weighted by molar-refractivity contribution is -0.139. The Balaban J connectivity index is 1.42. The van der Waals surface area contributed by atoms with Crippen molar-refractivity contribution in [2.75, 3.05) is 0 Å². The van der Waals surface area contributed by atoms with E-state index in [2.05, 4.69) is 65.4 Å². The molecular weight excluding hydrogens is 490 g/mol. The zero-order valence-corrected chi connectivity index (χ0v) is 23.3. The van der Waals surface area contributed by atoms with Gasteiger partial charge in [-0.25, -0.2) is 14.8 Å². The average molecular weight is 526 g/mol. The molecule has 8 heteroatoms. The van der Waals surface area contributed by atoms with Gasteiger partial charge in [-0.05, 0) is 42.9 Å². The third kappa shape index (κ3) is 6.76. The molecule has 0 bridgehead atoms. The van der Waals surface area contributed by atoms with Crippen molar-refractivity contribution in [2.45, 2.75) is 65.0 Å². The molecule has 0 aliphatic heterocycles. The van der Waals surface area contributed by atoms with E-state index in [9.17, 15) is 14.7 Å². The second-order valence-corrected chi connectivity index (χ2v) is 11.7. The number of carboxylic acids is 1. The van der Waals surface area contributed by atoms with E-state index in [0.29, 0.717) is 11.4 Å². The molecule has 2 aromatic heterocycles. The fraction of sp³-hybridized carbons (Fsp3) is 0.323. The van der Waals surface area contributed by atoms with Crippen molar-refractivity contribution in [1.82, 2.24) is 25.1 Å². The summed E-state index contributed by atoms with van der Waals surface area (Å²) in [4.78, 5) is 33.6. The number of amides is 1. The molecule has 0 saturated carbocycles. The number of aromatic nitrogens is 4. The fourth-order valence-electron chi connectivity index (χ4n) is 4.06. The highest BCUT2D eigenvalue weighted by Gasteiger charge is 2.23. The summed E-state index contributed by atoms with van der Waals surface area (Å²) in [5.41, 5.74) is 4.97. The summed E-state index contributed by atoms with van der Waals surface area (Å²) in [6, 6.07) is 14.7. The smallest absolute Gasteiger partial charge is 0.326 e. The zero-order chi connectivity index (χ0) is 28.4. The van der Waals surface area contributed by atoms with Crippen LogP contribution in [0.5, 0.6) is 0 Å². The Labute approximate surface area is 229 Å². The number of rotatable bonds is 7. The molecule has 202 valence electrons. The first-order valence-corrected chi connectivity index (χ1v) is 12.9. The standard InChI is InChI=1S/C31H35N5O3/c1-30(2,3)25-13-11-21(12-14-25)23-16-32-27(33-17-23)22-9-7-20(8-10-22)15-26(29(38)39)35-28(37)24-18-34-36(19-24)31(4,5)6/h7-14,16-19,26H,15H2,1-6H3,(H,35,37)(H,38,39)/t26-/m0/s1. The molecule has 0 aliphatic rings. The van der Waals surface area contributed by atoms with E-state index in [1.54, 1.807) is 23.3 Å². The number of carbonyl (C=O) groups is 2. The predicted octanol–water partition coefficient (Wildman–Crippen LogP) is 5.49. The summed E-state index contributed by atoms with van der Waals surface area (Å²) in [6.45, 7) is 12.5. The molecule has 2 heterocycles. The zero-order valence-electron chi connectivity index (χ0n) is 23.3. The van der Waals surface area contributed by atoms with Gasteiger partial charge in [0.2, 0.25) is 0 Å². The Bertz CT molecular complexity index is 1440. The number of carbonyl (C=O) groups excluding carboxylic acids is 1. The highest BCUT2D eigenvalue weighted by atomic mass is 16.4. The summed E-state index contributed by atoms with van der Waals surface area (Å²) >= 11 is 0. The van der Waals surface area contributed by atoms with Crippen molar-refractivity contribution in [1.29, 1.82) is 0 Å². The van der Waals surface area contributed by atoms with Crippen molar-refractivity contribution >= 4 is 11.9 Å². The van der Waals surface area contributed by atoms with Crippen LogP contribution in [0.3, 0.4) is 0 Å². The minimum atomic E-state index is -1.11. The van der Waals surface area contributed by atoms with Crippen LogP contribution >= 0.6 is 0 Å². The highest BCUT2D eigenvalue weighted by Crippen LogP contribution is 2.26. The van der Waals surface area contributed by atoms with Crippen LogP contribution in [0.4, 0.5) is 0 Å². The molecule has 1 amide bonds. The Hall–Kier alpha value is -4.33. The third-order valence-corrected chi connectivity index (χ3v) is 6.52. The van der Waals surface area contributed by atoms with E-state index in [-0.39, 0.29) is 17.4 Å². The van der Waals surface area contributed by atoms with Gasteiger partial charge in [-0.2, -0.15) is 5.10 Å². The van der Waals surface area contributed by atoms with Gasteiger partial charge in [-0.1, -0.05) is 69.3 Å². The summed E-state index contributed by atoms with van der Waals surface area (Å²) in [6.07, 6.45) is 6.81. The number of hydrogen-bond acceptors (Lipinski definition) is 5. The van der Waals surface area contributed by atoms with Crippen LogP contribution in [-0.2, 0) is 22.2 Å². The number of nitrogens with one attached hydrogen (secondary N) is 1. The van der Waals surface area contributed by atoms with Gasteiger partial charge in [0.1, 0.15) is 6.04 Å². The van der Waals surface area contributed by atoms with Gasteiger partial charge in [0, 0.05) is 36.1 Å². The number of aliphatic carboxylic acids is 1. The van der Waals surface area contributed by atoms with E-state index in [0.717, 1.165) is 22.3 Å². The monoisotopic (exact) mass is 525 g/mol. The minimum absolute atomic E-state index is 0.0948. The highest BCUT2D eigenvalue weighted by molar-refractivity contribution is 5.96. The summed E-state index contributed by atoms with van der Waals surface area (Å²) in [5.74, 6) is -1.00. The minimum Gasteiger partial charge on any atom is -0.480 e. The lowest BCUT2D eigenvalue weighted by atomic mass is 9.86. The molecule has 0 spiro atoms. The molecule has 39 heavy (non-hydrogen) atoms. The summed E-state index contributed by atoms with van der Waals surface area (Å²) < 4.78 is 1.67. The molecular formula is C31H35N5O3. The first-order chi connectivity index (χ1) is 18.3. The Morgan fingerprint density at radius 3 is 1.95 bits per heavy atom. The van der Waals surface area contributed by atoms with Crippen molar-refractivity contribution in [3.8, 4) is 22.5 Å². The van der Waals surface area contributed by atoms with E-state index < -0.39 is 17.9 Å². The van der Waals surface area contributed by atoms with Gasteiger partial charge in [-0.15, -0.1) is 0 Å². The molecule has 4 aromatic rings. The molecule has 0 aliphatic carbocycles. The molecule has 2 N–H and O–H groups in total. The molecule has 4 rings (SSSR count). The van der Waals surface area contributed by atoms with E-state index in [4.69, 9.17) is 0 Å². The van der Waals surface area contributed by atoms with Crippen LogP contribution in [-0.4, -0.2) is 42.8 Å². The van der Waals surface area contributed by atoms with Crippen LogP contribution in [0.2, 0.25) is 0 Å². The van der Waals surface area contributed by atoms with Gasteiger partial charge >= 0.3 is 5.97 Å². The van der Waals surface area contributed by atoms with Crippen LogP contribution in [0.1, 0.15) is 63.0 Å². The molecule has 0 radical (unpaired) electrons. The largest absolute Gasteiger partial charge is 0.480 e. The van der Waals surface area contributed by atoms with Gasteiger partial charge in [0.25, 0.3) is 5.91 Å². The van der Waals surface area contributed by atoms with Crippen molar-refractivity contribution in [3.05, 3.63) is 90.0 Å². The first kappa shape index (κ1) is 27.7. The fourth-order valence-corrected chi connectivity index (χ4v) is 4.06. The van der Waals surface area contributed by atoms with Gasteiger partial charge in [-0.3, -0.25) is 9.48 Å². The van der Waals surface area contributed by atoms with E-state index >= 15 is 0 Å². The molecule has 0 saturated heterocycles. The van der Waals surface area contributed by atoms with Crippen molar-refractivity contribution in [2.24, 2.45) is 0 Å². The normalized spacial score (nSPS) is 12.7. The molecule has 2 aromatic carbocycles. The average Bonchev–Trinajstić information content (AvgIpc) is 3.40. The Kier molecular flexibility index (Phi) is 7.67. The lowest BCUT2D eigenvalue weighted by Gasteiger charge is -2.19. The lowest BCUT2D eigenvalue weighted by Crippen LogP contribution is -2.42. The van der Waals surface area contributed by atoms with Crippen LogP contribution in [0.25, 0.3) is 22.5 Å². The number of benzene rings is 2. The number of hydrogen-bond donors (Lipinski definition) is 2. The number of carboxylic acid groups (broad SMARTS) is 1. The maximum Gasteiger partial charge on any atom is 0.326 e. The molecule has 1 atom stereocenters. The summed E-state index contributed by atoms with van der Waals surface area (Å²) in [5, 5.41) is 16.5. The molecule has 8 nitrogen and oxygen atoms in total. The predicted molar refractivity (Wildman–Crippen MR) is 151 cm³/mol. The maximum absolute atomic E-state index is 12.7. The van der Waals surface area contributed by atoms with E-state index in [1.807, 2.05) is 45.0 Å². The maximum atomic E-state index is 12.7. The molecule has 0 fully saturated rings. The van der Waals surface area contributed by atoms with E-state index in [1.165, 1.54) is 11.8 Å². The third-order valence-electron chi connectivity index (χ3n) is 6.52. The SMILES string of the molecule is CC(C)(C)c1ccc(-c2cnc(-c3ccc(C[C@H](NC(=O)c4cnn(C(C)(C)C)c4)C(=O)O)cc3)nc2)cc1. The first-order valence-electron chi connectivity index (χ1n) is 12.9. The Morgan fingerprint density at radius 2 is 1.44 bits per heavy atom. The molecule has 0 unspecified atom stereocenters. The van der Waals surface area contributed by atoms with Gasteiger partial charge < -0.3 is 10.4 Å². The van der Waals surface area contributed by atoms with Crippen molar-refractivity contribution < 1.29 is 14.7 Å². The van der Waals surface area contributed by atoms with Crippen LogP contribution < -0.4 is 5.32 Å². The Morgan fingerprint density at radius 1 is 0.846 bits per heavy atom. The summed E-state index contributed by atoms with van der Waals surface area (Å²) in [7, 11) is 0. The topological polar surface area (TPSA) is 110 Å². The van der Waals surface area contributed by atoms with Gasteiger partial charge in [0.05, 0.1) is 17.3 Å². The second kappa shape index (κ2) is 10.8. The quantitative estimate of drug-likeness (QED) is 0.330. The second-order valence-electron chi connectivity index (χ2n) is 11.7. The van der Waals surface area contributed by atoms with Crippen LogP contribution in [0.15, 0.2) is 73.3 Å². The number of nitrogens with zero attached hydrogens (tertiary/aromatic N) is 4.